The number of Topliss-reactive ketones (excluding diaryl/α,β-unsaturated/α-hetero) is 1. The number of hydrogen-bond acceptors (Lipinski definition) is 4. The van der Waals surface area contributed by atoms with Crippen molar-refractivity contribution in [3.63, 3.8) is 0 Å². The van der Waals surface area contributed by atoms with Crippen molar-refractivity contribution in [1.82, 2.24) is 0 Å². The van der Waals surface area contributed by atoms with Crippen molar-refractivity contribution < 1.29 is 19.4 Å². The van der Waals surface area contributed by atoms with Gasteiger partial charge in [0.1, 0.15) is 11.9 Å². The molecule has 0 aromatic carbocycles. The fraction of sp³-hybridized carbons (Fsp3) is 0.905. The Bertz CT molecular complexity index is 586. The molecule has 1 N–H and O–H groups in total. The maximum atomic E-state index is 12.5. The van der Waals surface area contributed by atoms with Crippen LogP contribution in [0, 0.1) is 34.5 Å². The van der Waals surface area contributed by atoms with Gasteiger partial charge in [0.05, 0.1) is 6.10 Å². The van der Waals surface area contributed by atoms with E-state index in [0.717, 1.165) is 44.9 Å². The summed E-state index contributed by atoms with van der Waals surface area (Å²) in [6.45, 7) is 6.05. The molecule has 4 fully saturated rings. The minimum absolute atomic E-state index is 0.0150. The van der Waals surface area contributed by atoms with E-state index in [1.54, 1.807) is 0 Å². The standard InChI is InChI=1S/C21H32O4/c1-12(22)25-14-6-8-20(2)13(10-14)11-17(23)19-15-4-5-18(24)21(15,3)9-7-16(19)20/h13-17,19,23H,4-11H2,1-3H3/t13-,14-,15+,16+,17+,19+,20+,21+/m1/s1. The Morgan fingerprint density at radius 3 is 2.60 bits per heavy atom. The average molecular weight is 348 g/mol. The van der Waals surface area contributed by atoms with Crippen molar-refractivity contribution >= 4 is 11.8 Å². The summed E-state index contributed by atoms with van der Waals surface area (Å²) in [5.41, 5.74) is 0.0216. The Kier molecular flexibility index (Phi) is 4.06. The highest BCUT2D eigenvalue weighted by Gasteiger charge is 2.62. The zero-order valence-corrected chi connectivity index (χ0v) is 15.8. The summed E-state index contributed by atoms with van der Waals surface area (Å²) in [6.07, 6.45) is 7.11. The quantitative estimate of drug-likeness (QED) is 0.737. The van der Waals surface area contributed by atoms with Crippen molar-refractivity contribution in [3.05, 3.63) is 0 Å². The van der Waals surface area contributed by atoms with Gasteiger partial charge in [-0.25, -0.2) is 0 Å². The second-order valence-electron chi connectivity index (χ2n) is 9.72. The molecule has 0 saturated heterocycles. The molecule has 8 atom stereocenters. The minimum Gasteiger partial charge on any atom is -0.463 e. The molecule has 0 aliphatic heterocycles. The van der Waals surface area contributed by atoms with Gasteiger partial charge in [-0.2, -0.15) is 0 Å². The average Bonchev–Trinajstić information content (AvgIpc) is 2.84. The number of fused-ring (bicyclic) bond motifs is 5. The minimum atomic E-state index is -0.310. The third-order valence-corrected chi connectivity index (χ3v) is 8.68. The van der Waals surface area contributed by atoms with Crippen LogP contribution in [-0.4, -0.2) is 29.1 Å². The topological polar surface area (TPSA) is 63.6 Å². The number of carbonyl (C=O) groups excluding carboxylic acids is 2. The predicted octanol–water partition coefficient (Wildman–Crippen LogP) is 3.50. The summed E-state index contributed by atoms with van der Waals surface area (Å²) >= 11 is 0. The van der Waals surface area contributed by atoms with Crippen LogP contribution in [-0.2, 0) is 14.3 Å². The van der Waals surface area contributed by atoms with Crippen LogP contribution in [0.25, 0.3) is 0 Å². The Balaban J connectivity index is 1.59. The van der Waals surface area contributed by atoms with Gasteiger partial charge in [-0.3, -0.25) is 9.59 Å². The van der Waals surface area contributed by atoms with E-state index >= 15 is 0 Å². The van der Waals surface area contributed by atoms with Gasteiger partial charge >= 0.3 is 5.97 Å². The van der Waals surface area contributed by atoms with Crippen molar-refractivity contribution in [1.29, 1.82) is 0 Å². The van der Waals surface area contributed by atoms with E-state index in [0.29, 0.717) is 30.0 Å². The van der Waals surface area contributed by atoms with E-state index in [1.807, 2.05) is 0 Å². The number of rotatable bonds is 1. The normalized spacial score (nSPS) is 52.1. The van der Waals surface area contributed by atoms with Gasteiger partial charge in [0.15, 0.2) is 0 Å². The SMILES string of the molecule is CC(=O)O[C@@H]1CC[C@@]2(C)[C@H](C1)C[C@H](O)[C@@H]1[C@@H]2CC[C@]2(C)C(=O)CC[C@@H]12. The van der Waals surface area contributed by atoms with Gasteiger partial charge < -0.3 is 9.84 Å². The largest absolute Gasteiger partial charge is 0.463 e. The molecule has 0 amide bonds. The number of aliphatic hydroxyl groups excluding tert-OH is 1. The second-order valence-corrected chi connectivity index (χ2v) is 9.72. The number of esters is 1. The Hall–Kier alpha value is -0.900. The van der Waals surface area contributed by atoms with Crippen LogP contribution in [0.1, 0.15) is 72.1 Å². The lowest BCUT2D eigenvalue weighted by Gasteiger charge is -2.61. The van der Waals surface area contributed by atoms with Crippen LogP contribution in [0.15, 0.2) is 0 Å². The van der Waals surface area contributed by atoms with Crippen molar-refractivity contribution in [2.75, 3.05) is 0 Å². The third kappa shape index (κ3) is 2.50. The van der Waals surface area contributed by atoms with E-state index in [1.165, 1.54) is 6.92 Å². The third-order valence-electron chi connectivity index (χ3n) is 8.68. The summed E-state index contributed by atoms with van der Waals surface area (Å²) < 4.78 is 5.49. The molecule has 4 saturated carbocycles. The first kappa shape index (κ1) is 17.5. The van der Waals surface area contributed by atoms with Gasteiger partial charge in [-0.05, 0) is 74.0 Å². The first-order valence-electron chi connectivity index (χ1n) is 10.1. The van der Waals surface area contributed by atoms with Crippen LogP contribution >= 0.6 is 0 Å². The molecule has 25 heavy (non-hydrogen) atoms. The van der Waals surface area contributed by atoms with Crippen molar-refractivity contribution in [2.24, 2.45) is 34.5 Å². The molecule has 4 nitrogen and oxygen atoms in total. The Morgan fingerprint density at radius 2 is 1.88 bits per heavy atom. The van der Waals surface area contributed by atoms with Gasteiger partial charge in [0.25, 0.3) is 0 Å². The smallest absolute Gasteiger partial charge is 0.302 e. The summed E-state index contributed by atoms with van der Waals surface area (Å²) in [5, 5.41) is 11.1. The van der Waals surface area contributed by atoms with Gasteiger partial charge in [-0.15, -0.1) is 0 Å². The van der Waals surface area contributed by atoms with E-state index < -0.39 is 0 Å². The number of hydrogen-bond donors (Lipinski definition) is 1. The maximum Gasteiger partial charge on any atom is 0.302 e. The van der Waals surface area contributed by atoms with Crippen LogP contribution < -0.4 is 0 Å². The molecule has 0 aromatic heterocycles. The predicted molar refractivity (Wildman–Crippen MR) is 93.7 cm³/mol. The summed E-state index contributed by atoms with van der Waals surface area (Å²) in [7, 11) is 0. The summed E-state index contributed by atoms with van der Waals surface area (Å²) in [4.78, 5) is 23.8. The molecule has 0 aromatic rings. The van der Waals surface area contributed by atoms with E-state index in [9.17, 15) is 14.7 Å². The highest BCUT2D eigenvalue weighted by atomic mass is 16.5. The van der Waals surface area contributed by atoms with Crippen LogP contribution in [0.5, 0.6) is 0 Å². The van der Waals surface area contributed by atoms with E-state index in [-0.39, 0.29) is 34.9 Å². The Morgan fingerprint density at radius 1 is 1.12 bits per heavy atom. The van der Waals surface area contributed by atoms with Gasteiger partial charge in [0.2, 0.25) is 0 Å². The summed E-state index contributed by atoms with van der Waals surface area (Å²) in [6, 6.07) is 0. The molecule has 4 aliphatic rings. The maximum absolute atomic E-state index is 12.5. The zero-order chi connectivity index (χ0) is 18.0. The molecule has 0 unspecified atom stereocenters. The van der Waals surface area contributed by atoms with Gasteiger partial charge in [-0.1, -0.05) is 13.8 Å². The highest BCUT2D eigenvalue weighted by Crippen LogP contribution is 2.65. The highest BCUT2D eigenvalue weighted by molar-refractivity contribution is 5.87. The number of carbonyl (C=O) groups is 2. The molecule has 4 heteroatoms. The summed E-state index contributed by atoms with van der Waals surface area (Å²) in [5.74, 6) is 1.79. The van der Waals surface area contributed by atoms with Gasteiger partial charge in [0, 0.05) is 18.8 Å². The lowest BCUT2D eigenvalue weighted by Crippen LogP contribution is -2.58. The lowest BCUT2D eigenvalue weighted by atomic mass is 9.44. The first-order chi connectivity index (χ1) is 11.8. The molecule has 0 radical (unpaired) electrons. The zero-order valence-electron chi connectivity index (χ0n) is 15.8. The molecule has 0 bridgehead atoms. The monoisotopic (exact) mass is 348 g/mol. The van der Waals surface area contributed by atoms with Crippen LogP contribution in [0.2, 0.25) is 0 Å². The molecule has 140 valence electrons. The molecule has 4 rings (SSSR count). The Labute approximate surface area is 150 Å². The van der Waals surface area contributed by atoms with Crippen LogP contribution in [0.4, 0.5) is 0 Å². The first-order valence-corrected chi connectivity index (χ1v) is 10.1. The number of ether oxygens (including phenoxy) is 1. The fourth-order valence-electron chi connectivity index (χ4n) is 7.30. The van der Waals surface area contributed by atoms with Crippen molar-refractivity contribution in [2.45, 2.75) is 84.3 Å². The van der Waals surface area contributed by atoms with Crippen LogP contribution in [0.3, 0.4) is 0 Å². The number of aliphatic hydroxyl groups is 1. The molecule has 4 aliphatic carbocycles. The molecular formula is C21H32O4. The van der Waals surface area contributed by atoms with Crippen molar-refractivity contribution in [3.8, 4) is 0 Å². The molecular weight excluding hydrogens is 316 g/mol. The lowest BCUT2D eigenvalue weighted by molar-refractivity contribution is -0.179. The molecule has 0 spiro atoms. The van der Waals surface area contributed by atoms with E-state index in [4.69, 9.17) is 4.74 Å². The fourth-order valence-corrected chi connectivity index (χ4v) is 7.30. The molecule has 0 heterocycles. The van der Waals surface area contributed by atoms with E-state index in [2.05, 4.69) is 13.8 Å². The number of ketones is 1. The second kappa shape index (κ2) is 5.80.